The van der Waals surface area contributed by atoms with Gasteiger partial charge in [0.15, 0.2) is 5.82 Å². The average Bonchev–Trinajstić information content (AvgIpc) is 3.05. The van der Waals surface area contributed by atoms with Gasteiger partial charge >= 0.3 is 6.03 Å². The topological polar surface area (TPSA) is 79.0 Å². The number of urea groups is 1. The minimum Gasteiger partial charge on any atom is -0.481 e. The van der Waals surface area contributed by atoms with Gasteiger partial charge in [-0.05, 0) is 37.1 Å². The van der Waals surface area contributed by atoms with E-state index in [1.807, 2.05) is 48.5 Å². The van der Waals surface area contributed by atoms with Crippen molar-refractivity contribution < 1.29 is 9.53 Å². The monoisotopic (exact) mass is 348 g/mol. The summed E-state index contributed by atoms with van der Waals surface area (Å²) in [6, 6.07) is 15.2. The Morgan fingerprint density at radius 3 is 2.88 bits per heavy atom. The molecule has 0 saturated heterocycles. The van der Waals surface area contributed by atoms with Gasteiger partial charge in [-0.3, -0.25) is 10.4 Å². The number of fused-ring (bicyclic) bond motifs is 1. The molecule has 26 heavy (non-hydrogen) atoms. The molecule has 3 aromatic rings. The van der Waals surface area contributed by atoms with Crippen LogP contribution >= 0.6 is 0 Å². The minimum atomic E-state index is -0.294. The first-order valence-electron chi connectivity index (χ1n) is 8.35. The van der Waals surface area contributed by atoms with Crippen molar-refractivity contribution in [2.24, 2.45) is 0 Å². The molecule has 3 rings (SSSR count). The molecule has 0 unspecified atom stereocenters. The van der Waals surface area contributed by atoms with Crippen LogP contribution in [0.25, 0.3) is 10.9 Å². The molecule has 1 heterocycles. The van der Waals surface area contributed by atoms with Gasteiger partial charge in [0.25, 0.3) is 0 Å². The van der Waals surface area contributed by atoms with Crippen molar-refractivity contribution in [1.29, 1.82) is 0 Å². The molecule has 132 valence electrons. The number of carbonyl (C=O) groups excluding carboxylic acids is 1. The summed E-state index contributed by atoms with van der Waals surface area (Å²) in [5.41, 5.74) is 1.99. The van der Waals surface area contributed by atoms with Gasteiger partial charge in [0.1, 0.15) is 12.4 Å². The number of nitrogens with one attached hydrogen (secondary N) is 3. The highest BCUT2D eigenvalue weighted by molar-refractivity contribution is 5.99. The van der Waals surface area contributed by atoms with Gasteiger partial charge < -0.3 is 10.1 Å². The third kappa shape index (κ3) is 4.54. The molecule has 0 spiro atoms. The average molecular weight is 348 g/mol. The lowest BCUT2D eigenvalue weighted by Gasteiger charge is -2.07. The number of hydrogen-bond acceptors (Lipinski definition) is 3. The molecule has 6 nitrogen and oxygen atoms in total. The van der Waals surface area contributed by atoms with Gasteiger partial charge in [-0.1, -0.05) is 36.3 Å². The van der Waals surface area contributed by atoms with Gasteiger partial charge in [0.05, 0.1) is 5.52 Å². The highest BCUT2D eigenvalue weighted by Crippen LogP contribution is 2.25. The first kappa shape index (κ1) is 17.4. The SMILES string of the molecule is CC#CCOc1ccc2[nH]nc(NC(=O)NCCc3ccccc3)c2c1. The lowest BCUT2D eigenvalue weighted by molar-refractivity contribution is 0.252. The molecule has 0 aliphatic rings. The Bertz CT molecular complexity index is 939. The first-order valence-corrected chi connectivity index (χ1v) is 8.35. The van der Waals surface area contributed by atoms with E-state index >= 15 is 0 Å². The third-order valence-corrected chi connectivity index (χ3v) is 3.80. The molecule has 1 aromatic heterocycles. The number of nitrogens with zero attached hydrogens (tertiary/aromatic N) is 1. The molecular weight excluding hydrogens is 328 g/mol. The first-order chi connectivity index (χ1) is 12.8. The molecule has 3 N–H and O–H groups in total. The van der Waals surface area contributed by atoms with Crippen LogP contribution in [0.15, 0.2) is 48.5 Å². The molecule has 0 fully saturated rings. The van der Waals surface area contributed by atoms with Crippen molar-refractivity contribution in [1.82, 2.24) is 15.5 Å². The van der Waals surface area contributed by atoms with Gasteiger partial charge in [0.2, 0.25) is 0 Å². The molecule has 0 saturated carbocycles. The lowest BCUT2D eigenvalue weighted by atomic mass is 10.1. The molecule has 0 aliphatic carbocycles. The zero-order chi connectivity index (χ0) is 18.2. The second-order valence-corrected chi connectivity index (χ2v) is 5.61. The van der Waals surface area contributed by atoms with Gasteiger partial charge in [-0.2, -0.15) is 5.10 Å². The van der Waals surface area contributed by atoms with E-state index in [1.54, 1.807) is 6.92 Å². The van der Waals surface area contributed by atoms with Crippen LogP contribution in [0.5, 0.6) is 5.75 Å². The van der Waals surface area contributed by atoms with E-state index < -0.39 is 0 Å². The van der Waals surface area contributed by atoms with E-state index in [0.717, 1.165) is 17.3 Å². The zero-order valence-corrected chi connectivity index (χ0v) is 14.5. The van der Waals surface area contributed by atoms with Crippen LogP contribution in [0, 0.1) is 11.8 Å². The van der Waals surface area contributed by atoms with E-state index in [2.05, 4.69) is 32.7 Å². The Balaban J connectivity index is 1.59. The fraction of sp³-hybridized carbons (Fsp3) is 0.200. The van der Waals surface area contributed by atoms with Gasteiger partial charge in [-0.15, -0.1) is 5.92 Å². The highest BCUT2D eigenvalue weighted by Gasteiger charge is 2.10. The Labute approximate surface area is 151 Å². The Morgan fingerprint density at radius 2 is 2.08 bits per heavy atom. The maximum Gasteiger partial charge on any atom is 0.320 e. The van der Waals surface area contributed by atoms with Crippen LogP contribution in [0.4, 0.5) is 10.6 Å². The quantitative estimate of drug-likeness (QED) is 0.598. The number of H-pyrrole nitrogens is 1. The zero-order valence-electron chi connectivity index (χ0n) is 14.5. The Hall–Kier alpha value is -3.46. The Morgan fingerprint density at radius 1 is 1.23 bits per heavy atom. The summed E-state index contributed by atoms with van der Waals surface area (Å²) >= 11 is 0. The van der Waals surface area contributed by atoms with E-state index in [0.29, 0.717) is 24.7 Å². The van der Waals surface area contributed by atoms with Crippen molar-refractivity contribution in [3.63, 3.8) is 0 Å². The number of ether oxygens (including phenoxy) is 1. The smallest absolute Gasteiger partial charge is 0.320 e. The summed E-state index contributed by atoms with van der Waals surface area (Å²) in [5.74, 6) is 6.76. The summed E-state index contributed by atoms with van der Waals surface area (Å²) in [6.45, 7) is 2.63. The third-order valence-electron chi connectivity index (χ3n) is 3.80. The van der Waals surface area contributed by atoms with Crippen LogP contribution in [0.3, 0.4) is 0 Å². The minimum absolute atomic E-state index is 0.294. The highest BCUT2D eigenvalue weighted by atomic mass is 16.5. The van der Waals surface area contributed by atoms with Crippen LogP contribution in [0.1, 0.15) is 12.5 Å². The molecule has 0 radical (unpaired) electrons. The Kier molecular flexibility index (Phi) is 5.73. The van der Waals surface area contributed by atoms with Crippen molar-refractivity contribution in [2.45, 2.75) is 13.3 Å². The number of anilines is 1. The standard InChI is InChI=1S/C20H20N4O2/c1-2-3-13-26-16-9-10-18-17(14-16)19(24-23-18)22-20(25)21-12-11-15-7-5-4-6-8-15/h4-10,14H,11-13H2,1H3,(H3,21,22,23,24,25). The predicted octanol–water partition coefficient (Wildman–Crippen LogP) is 3.33. The molecule has 0 bridgehead atoms. The summed E-state index contributed by atoms with van der Waals surface area (Å²) in [7, 11) is 0. The fourth-order valence-electron chi connectivity index (χ4n) is 2.49. The number of amides is 2. The van der Waals surface area contributed by atoms with Crippen LogP contribution in [0.2, 0.25) is 0 Å². The van der Waals surface area contributed by atoms with Crippen LogP contribution in [-0.4, -0.2) is 29.4 Å². The largest absolute Gasteiger partial charge is 0.481 e. The maximum atomic E-state index is 12.1. The number of aromatic amines is 1. The molecule has 6 heteroatoms. The molecule has 2 amide bonds. The molecule has 0 aliphatic heterocycles. The van der Waals surface area contributed by atoms with E-state index in [-0.39, 0.29) is 6.03 Å². The summed E-state index contributed by atoms with van der Waals surface area (Å²) in [5, 5.41) is 13.4. The summed E-state index contributed by atoms with van der Waals surface area (Å²) < 4.78 is 5.55. The number of rotatable bonds is 6. The second-order valence-electron chi connectivity index (χ2n) is 5.61. The number of hydrogen-bond donors (Lipinski definition) is 3. The van der Waals surface area contributed by atoms with Crippen molar-refractivity contribution in [2.75, 3.05) is 18.5 Å². The lowest BCUT2D eigenvalue weighted by Crippen LogP contribution is -2.30. The van der Waals surface area contributed by atoms with Crippen LogP contribution < -0.4 is 15.4 Å². The molecule has 2 aromatic carbocycles. The van der Waals surface area contributed by atoms with Crippen molar-refractivity contribution >= 4 is 22.8 Å². The van der Waals surface area contributed by atoms with Gasteiger partial charge in [-0.25, -0.2) is 4.79 Å². The van der Waals surface area contributed by atoms with Crippen LogP contribution in [-0.2, 0) is 6.42 Å². The van der Waals surface area contributed by atoms with E-state index in [4.69, 9.17) is 4.74 Å². The fourth-order valence-corrected chi connectivity index (χ4v) is 2.49. The van der Waals surface area contributed by atoms with Crippen molar-refractivity contribution in [3.05, 3.63) is 54.1 Å². The normalized spacial score (nSPS) is 10.0. The number of aromatic nitrogens is 2. The molecular formula is C20H20N4O2. The van der Waals surface area contributed by atoms with Crippen molar-refractivity contribution in [3.8, 4) is 17.6 Å². The summed E-state index contributed by atoms with van der Waals surface area (Å²) in [4.78, 5) is 12.1. The van der Waals surface area contributed by atoms with E-state index in [9.17, 15) is 4.79 Å². The van der Waals surface area contributed by atoms with Gasteiger partial charge in [0, 0.05) is 11.9 Å². The number of carbonyl (C=O) groups is 1. The van der Waals surface area contributed by atoms with E-state index in [1.165, 1.54) is 5.56 Å². The second kappa shape index (κ2) is 8.58. The summed E-state index contributed by atoms with van der Waals surface area (Å²) in [6.07, 6.45) is 0.770. The maximum absolute atomic E-state index is 12.1. The predicted molar refractivity (Wildman–Crippen MR) is 102 cm³/mol. The molecule has 0 atom stereocenters. The number of benzene rings is 2.